The Balaban J connectivity index is 3.04. The van der Waals surface area contributed by atoms with Gasteiger partial charge in [-0.15, -0.1) is 0 Å². The van der Waals surface area contributed by atoms with Crippen molar-refractivity contribution < 1.29 is 8.42 Å². The van der Waals surface area contributed by atoms with Gasteiger partial charge in [-0.05, 0) is 28.1 Å². The third-order valence-corrected chi connectivity index (χ3v) is 2.43. The zero-order valence-corrected chi connectivity index (χ0v) is 9.74. The topological polar surface area (TPSA) is 59.1 Å². The second-order valence-corrected chi connectivity index (χ2v) is 5.27. The van der Waals surface area contributed by atoms with Gasteiger partial charge in [0.15, 0.2) is 5.15 Å². The molecule has 0 aliphatic heterocycles. The van der Waals surface area contributed by atoms with Crippen molar-refractivity contribution in [2.75, 3.05) is 11.0 Å². The molecular formula is C6H6BrClN2O2S. The summed E-state index contributed by atoms with van der Waals surface area (Å²) in [6.45, 7) is 0. The molecule has 1 rings (SSSR count). The van der Waals surface area contributed by atoms with Crippen LogP contribution in [0.5, 0.6) is 0 Å². The molecule has 72 valence electrons. The van der Waals surface area contributed by atoms with Gasteiger partial charge in [0, 0.05) is 0 Å². The first-order chi connectivity index (χ1) is 5.88. The number of nitrogens with zero attached hydrogens (tertiary/aromatic N) is 1. The van der Waals surface area contributed by atoms with Crippen LogP contribution in [0.4, 0.5) is 5.69 Å². The van der Waals surface area contributed by atoms with Gasteiger partial charge in [-0.25, -0.2) is 13.4 Å². The lowest BCUT2D eigenvalue weighted by molar-refractivity contribution is 0.607. The molecule has 0 aliphatic rings. The standard InChI is InChI=1S/C6H6BrClN2O2S/c1-13(11,12)10-4-2-3-5(7)9-6(4)8/h2-3,10H,1H3. The first-order valence-electron chi connectivity index (χ1n) is 3.18. The highest BCUT2D eigenvalue weighted by Crippen LogP contribution is 2.22. The van der Waals surface area contributed by atoms with Crippen LogP contribution >= 0.6 is 27.5 Å². The van der Waals surface area contributed by atoms with Crippen LogP contribution in [0.1, 0.15) is 0 Å². The summed E-state index contributed by atoms with van der Waals surface area (Å²) in [6, 6.07) is 3.12. The van der Waals surface area contributed by atoms with E-state index in [1.165, 1.54) is 6.07 Å². The highest BCUT2D eigenvalue weighted by Gasteiger charge is 2.06. The minimum Gasteiger partial charge on any atom is -0.281 e. The molecule has 0 bridgehead atoms. The fraction of sp³-hybridized carbons (Fsp3) is 0.167. The van der Waals surface area contributed by atoms with Crippen molar-refractivity contribution in [3.05, 3.63) is 21.9 Å². The zero-order chi connectivity index (χ0) is 10.1. The summed E-state index contributed by atoms with van der Waals surface area (Å²) in [5, 5.41) is 0.111. The lowest BCUT2D eigenvalue weighted by Crippen LogP contribution is -2.10. The van der Waals surface area contributed by atoms with Crippen LogP contribution in [0, 0.1) is 0 Å². The Kier molecular flexibility index (Phi) is 3.15. The molecular weight excluding hydrogens is 280 g/mol. The average Bonchev–Trinajstić information content (AvgIpc) is 1.93. The van der Waals surface area contributed by atoms with Crippen LogP contribution in [-0.4, -0.2) is 19.7 Å². The Bertz CT molecular complexity index is 421. The van der Waals surface area contributed by atoms with Crippen molar-refractivity contribution >= 4 is 43.2 Å². The number of hydrogen-bond donors (Lipinski definition) is 1. The minimum absolute atomic E-state index is 0.111. The van der Waals surface area contributed by atoms with Gasteiger partial charge in [0.2, 0.25) is 10.0 Å². The molecule has 0 saturated carbocycles. The van der Waals surface area contributed by atoms with Gasteiger partial charge < -0.3 is 0 Å². The SMILES string of the molecule is CS(=O)(=O)Nc1ccc(Br)nc1Cl. The maximum Gasteiger partial charge on any atom is 0.229 e. The van der Waals surface area contributed by atoms with Crippen molar-refractivity contribution in [2.45, 2.75) is 0 Å². The van der Waals surface area contributed by atoms with Crippen LogP contribution in [-0.2, 0) is 10.0 Å². The largest absolute Gasteiger partial charge is 0.281 e. The van der Waals surface area contributed by atoms with Gasteiger partial charge in [0.25, 0.3) is 0 Å². The van der Waals surface area contributed by atoms with Gasteiger partial charge in [-0.1, -0.05) is 11.6 Å². The number of halogens is 2. The zero-order valence-electron chi connectivity index (χ0n) is 6.58. The van der Waals surface area contributed by atoms with Gasteiger partial charge in [0.1, 0.15) is 4.60 Å². The lowest BCUT2D eigenvalue weighted by Gasteiger charge is -2.04. The van der Waals surface area contributed by atoms with Gasteiger partial charge in [0.05, 0.1) is 11.9 Å². The van der Waals surface area contributed by atoms with E-state index in [-0.39, 0.29) is 10.8 Å². The second kappa shape index (κ2) is 3.81. The smallest absolute Gasteiger partial charge is 0.229 e. The first-order valence-corrected chi connectivity index (χ1v) is 6.24. The van der Waals surface area contributed by atoms with Crippen LogP contribution in [0.15, 0.2) is 16.7 Å². The fourth-order valence-electron chi connectivity index (χ4n) is 0.688. The van der Waals surface area contributed by atoms with Crippen molar-refractivity contribution in [1.29, 1.82) is 0 Å². The molecule has 0 fully saturated rings. The number of hydrogen-bond acceptors (Lipinski definition) is 3. The molecule has 1 heterocycles. The van der Waals surface area contributed by atoms with Gasteiger partial charge >= 0.3 is 0 Å². The number of pyridine rings is 1. The maximum atomic E-state index is 10.8. The number of anilines is 1. The Hall–Kier alpha value is -0.330. The van der Waals surface area contributed by atoms with Gasteiger partial charge in [-0.3, -0.25) is 4.72 Å². The predicted octanol–water partition coefficient (Wildman–Crippen LogP) is 1.87. The Morgan fingerprint density at radius 3 is 2.62 bits per heavy atom. The third-order valence-electron chi connectivity index (χ3n) is 1.11. The van der Waals surface area contributed by atoms with E-state index in [0.717, 1.165) is 6.26 Å². The molecule has 0 aromatic carbocycles. The van der Waals surface area contributed by atoms with E-state index in [1.807, 2.05) is 0 Å². The van der Waals surface area contributed by atoms with Crippen molar-refractivity contribution in [2.24, 2.45) is 0 Å². The fourth-order valence-corrected chi connectivity index (χ4v) is 1.92. The Morgan fingerprint density at radius 1 is 1.54 bits per heavy atom. The number of rotatable bonds is 2. The summed E-state index contributed by atoms with van der Waals surface area (Å²) in [4.78, 5) is 3.81. The molecule has 0 atom stereocenters. The Morgan fingerprint density at radius 2 is 2.15 bits per heavy atom. The summed E-state index contributed by atoms with van der Waals surface area (Å²) >= 11 is 8.77. The van der Waals surface area contributed by atoms with E-state index < -0.39 is 10.0 Å². The summed E-state index contributed by atoms with van der Waals surface area (Å²) in [5.74, 6) is 0. The van der Waals surface area contributed by atoms with Crippen LogP contribution in [0.2, 0.25) is 5.15 Å². The molecule has 0 unspecified atom stereocenters. The monoisotopic (exact) mass is 284 g/mol. The number of sulfonamides is 1. The molecule has 1 N–H and O–H groups in total. The summed E-state index contributed by atoms with van der Waals surface area (Å²) in [6.07, 6.45) is 1.05. The molecule has 4 nitrogen and oxygen atoms in total. The number of nitrogens with one attached hydrogen (secondary N) is 1. The molecule has 0 spiro atoms. The molecule has 0 aliphatic carbocycles. The first kappa shape index (κ1) is 10.7. The van der Waals surface area contributed by atoms with E-state index >= 15 is 0 Å². The second-order valence-electron chi connectivity index (χ2n) is 2.35. The quantitative estimate of drug-likeness (QED) is 0.844. The van der Waals surface area contributed by atoms with Crippen LogP contribution in [0.25, 0.3) is 0 Å². The average molecular weight is 286 g/mol. The molecule has 1 aromatic heterocycles. The summed E-state index contributed by atoms with van der Waals surface area (Å²) < 4.78 is 24.4. The number of aromatic nitrogens is 1. The maximum absolute atomic E-state index is 10.8. The van der Waals surface area contributed by atoms with Gasteiger partial charge in [-0.2, -0.15) is 0 Å². The highest BCUT2D eigenvalue weighted by molar-refractivity contribution is 9.10. The van der Waals surface area contributed by atoms with Crippen LogP contribution in [0.3, 0.4) is 0 Å². The molecule has 0 amide bonds. The molecule has 1 aromatic rings. The summed E-state index contributed by atoms with van der Waals surface area (Å²) in [7, 11) is -3.30. The van der Waals surface area contributed by atoms with E-state index in [4.69, 9.17) is 11.6 Å². The van der Waals surface area contributed by atoms with Crippen molar-refractivity contribution in [3.8, 4) is 0 Å². The molecule has 0 saturated heterocycles. The Labute approximate surface area is 89.5 Å². The lowest BCUT2D eigenvalue weighted by atomic mass is 10.4. The minimum atomic E-state index is -3.30. The van der Waals surface area contributed by atoms with Crippen LogP contribution < -0.4 is 4.72 Å². The summed E-state index contributed by atoms with van der Waals surface area (Å²) in [5.41, 5.74) is 0.271. The van der Waals surface area contributed by atoms with Crippen molar-refractivity contribution in [3.63, 3.8) is 0 Å². The molecule has 13 heavy (non-hydrogen) atoms. The van der Waals surface area contributed by atoms with Crippen molar-refractivity contribution in [1.82, 2.24) is 4.98 Å². The van der Waals surface area contributed by atoms with E-state index in [0.29, 0.717) is 4.60 Å². The van der Waals surface area contributed by atoms with E-state index in [9.17, 15) is 8.42 Å². The third kappa shape index (κ3) is 3.50. The van der Waals surface area contributed by atoms with E-state index in [2.05, 4.69) is 25.6 Å². The normalized spacial score (nSPS) is 11.3. The predicted molar refractivity (Wildman–Crippen MR) is 55.4 cm³/mol. The molecule has 0 radical (unpaired) electrons. The highest BCUT2D eigenvalue weighted by atomic mass is 79.9. The molecule has 7 heteroatoms. The van der Waals surface area contributed by atoms with E-state index in [1.54, 1.807) is 6.07 Å².